The zero-order valence-corrected chi connectivity index (χ0v) is 16.4. The molecule has 0 radical (unpaired) electrons. The lowest BCUT2D eigenvalue weighted by Crippen LogP contribution is -2.44. The molecule has 0 heterocycles. The summed E-state index contributed by atoms with van der Waals surface area (Å²) in [4.78, 5) is 25.1. The molecule has 2 N–H and O–H groups in total. The minimum atomic E-state index is -0.726. The summed E-state index contributed by atoms with van der Waals surface area (Å²) >= 11 is 1.58. The average Bonchev–Trinajstić information content (AvgIpc) is 2.65. The monoisotopic (exact) mass is 390 g/mol. The normalized spacial score (nSPS) is 11.6. The summed E-state index contributed by atoms with van der Waals surface area (Å²) in [6.07, 6.45) is 2.39. The van der Waals surface area contributed by atoms with Gasteiger partial charge in [-0.15, -0.1) is 0 Å². The molecule has 2 aromatic rings. The van der Waals surface area contributed by atoms with E-state index in [1.807, 2.05) is 19.2 Å². The largest absolute Gasteiger partial charge is 0.494 e. The van der Waals surface area contributed by atoms with Gasteiger partial charge in [0, 0.05) is 17.3 Å². The molecule has 5 nitrogen and oxygen atoms in total. The molecule has 1 atom stereocenters. The van der Waals surface area contributed by atoms with Gasteiger partial charge in [0.25, 0.3) is 5.91 Å². The van der Waals surface area contributed by atoms with Gasteiger partial charge in [0.2, 0.25) is 5.91 Å². The van der Waals surface area contributed by atoms with Crippen LogP contribution in [0.2, 0.25) is 0 Å². The molecule has 2 rings (SSSR count). The number of hydrogen-bond donors (Lipinski definition) is 2. The summed E-state index contributed by atoms with van der Waals surface area (Å²) in [6.45, 7) is 1.90. The Morgan fingerprint density at radius 3 is 2.63 bits per heavy atom. The zero-order chi connectivity index (χ0) is 19.8. The van der Waals surface area contributed by atoms with Crippen LogP contribution in [0.25, 0.3) is 0 Å². The van der Waals surface area contributed by atoms with E-state index in [0.717, 1.165) is 5.56 Å². The van der Waals surface area contributed by atoms with Crippen molar-refractivity contribution in [2.24, 2.45) is 0 Å². The Balaban J connectivity index is 2.11. The van der Waals surface area contributed by atoms with Crippen molar-refractivity contribution < 1.29 is 18.7 Å². The van der Waals surface area contributed by atoms with Crippen molar-refractivity contribution in [3.05, 3.63) is 59.4 Å². The number of amides is 2. The molecule has 0 aliphatic rings. The molecule has 0 spiro atoms. The Bertz CT molecular complexity index is 814. The fourth-order valence-electron chi connectivity index (χ4n) is 2.51. The molecule has 2 amide bonds. The summed E-state index contributed by atoms with van der Waals surface area (Å²) in [5, 5.41) is 5.42. The first-order chi connectivity index (χ1) is 12.9. The van der Waals surface area contributed by atoms with E-state index in [0.29, 0.717) is 23.4 Å². The first-order valence-corrected chi connectivity index (χ1v) is 9.85. The molecule has 144 valence electrons. The van der Waals surface area contributed by atoms with Crippen molar-refractivity contribution >= 4 is 29.3 Å². The fourth-order valence-corrected chi connectivity index (χ4v) is 2.98. The topological polar surface area (TPSA) is 67.4 Å². The molecule has 0 aliphatic carbocycles. The number of rotatable bonds is 8. The van der Waals surface area contributed by atoms with Gasteiger partial charge in [0.1, 0.15) is 6.04 Å². The van der Waals surface area contributed by atoms with Crippen LogP contribution < -0.4 is 15.4 Å². The number of carbonyl (C=O) groups is 2. The molecule has 27 heavy (non-hydrogen) atoms. The number of carbonyl (C=O) groups excluding carboxylic acids is 2. The first-order valence-electron chi connectivity index (χ1n) is 8.45. The average molecular weight is 390 g/mol. The number of benzene rings is 2. The molecule has 0 fully saturated rings. The SMILES string of the molecule is COc1ccc(NC(=O)C(CCSC)NC(=O)c2cccc(C)c2)cc1F. The quantitative estimate of drug-likeness (QED) is 0.722. The lowest BCUT2D eigenvalue weighted by Gasteiger charge is -2.18. The van der Waals surface area contributed by atoms with Crippen LogP contribution in [0.15, 0.2) is 42.5 Å². The lowest BCUT2D eigenvalue weighted by atomic mass is 10.1. The lowest BCUT2D eigenvalue weighted by molar-refractivity contribution is -0.118. The molecule has 0 saturated carbocycles. The van der Waals surface area contributed by atoms with E-state index in [9.17, 15) is 14.0 Å². The van der Waals surface area contributed by atoms with Gasteiger partial charge in [-0.1, -0.05) is 17.7 Å². The van der Waals surface area contributed by atoms with Crippen LogP contribution in [0.5, 0.6) is 5.75 Å². The number of hydrogen-bond acceptors (Lipinski definition) is 4. The maximum atomic E-state index is 13.8. The Kier molecular flexibility index (Phi) is 7.67. The molecular weight excluding hydrogens is 367 g/mol. The minimum Gasteiger partial charge on any atom is -0.494 e. The predicted molar refractivity (Wildman–Crippen MR) is 107 cm³/mol. The third kappa shape index (κ3) is 5.99. The maximum absolute atomic E-state index is 13.8. The Hall–Kier alpha value is -2.54. The van der Waals surface area contributed by atoms with Gasteiger partial charge in [-0.2, -0.15) is 11.8 Å². The number of aryl methyl sites for hydroxylation is 1. The molecule has 7 heteroatoms. The molecule has 0 aromatic heterocycles. The second-order valence-electron chi connectivity index (χ2n) is 6.02. The highest BCUT2D eigenvalue weighted by Gasteiger charge is 2.21. The first kappa shape index (κ1) is 20.8. The number of nitrogens with one attached hydrogen (secondary N) is 2. The van der Waals surface area contributed by atoms with Crippen molar-refractivity contribution in [1.29, 1.82) is 0 Å². The van der Waals surface area contributed by atoms with Gasteiger partial charge in [-0.3, -0.25) is 9.59 Å². The third-order valence-corrected chi connectivity index (χ3v) is 4.58. The highest BCUT2D eigenvalue weighted by Crippen LogP contribution is 2.21. The van der Waals surface area contributed by atoms with Crippen LogP contribution in [0.1, 0.15) is 22.3 Å². The standard InChI is InChI=1S/C20H23FN2O3S/c1-13-5-4-6-14(11-13)19(24)23-17(9-10-27-3)20(25)22-15-7-8-18(26-2)16(21)12-15/h4-8,11-12,17H,9-10H2,1-3H3,(H,22,25)(H,23,24). The Morgan fingerprint density at radius 1 is 1.22 bits per heavy atom. The smallest absolute Gasteiger partial charge is 0.251 e. The van der Waals surface area contributed by atoms with E-state index in [-0.39, 0.29) is 11.7 Å². The number of methoxy groups -OCH3 is 1. The Morgan fingerprint density at radius 2 is 2.00 bits per heavy atom. The van der Waals surface area contributed by atoms with Crippen molar-refractivity contribution in [1.82, 2.24) is 5.32 Å². The van der Waals surface area contributed by atoms with Gasteiger partial charge in [0.15, 0.2) is 11.6 Å². The van der Waals surface area contributed by atoms with Crippen LogP contribution in [-0.2, 0) is 4.79 Å². The summed E-state index contributed by atoms with van der Waals surface area (Å²) in [5.74, 6) is -0.488. The van der Waals surface area contributed by atoms with Crippen molar-refractivity contribution in [3.8, 4) is 5.75 Å². The van der Waals surface area contributed by atoms with Crippen LogP contribution in [-0.4, -0.2) is 37.0 Å². The van der Waals surface area contributed by atoms with Gasteiger partial charge in [-0.05, 0) is 49.6 Å². The fraction of sp³-hybridized carbons (Fsp3) is 0.300. The Labute approximate surface area is 162 Å². The van der Waals surface area contributed by atoms with Crippen molar-refractivity contribution in [2.75, 3.05) is 24.4 Å². The van der Waals surface area contributed by atoms with Crippen molar-refractivity contribution in [2.45, 2.75) is 19.4 Å². The second-order valence-corrected chi connectivity index (χ2v) is 7.00. The summed E-state index contributed by atoms with van der Waals surface area (Å²) < 4.78 is 18.7. The van der Waals surface area contributed by atoms with E-state index >= 15 is 0 Å². The summed E-state index contributed by atoms with van der Waals surface area (Å²) in [6, 6.07) is 10.6. The third-order valence-electron chi connectivity index (χ3n) is 3.93. The molecule has 0 bridgehead atoms. The number of thioether (sulfide) groups is 1. The predicted octanol–water partition coefficient (Wildman–Crippen LogP) is 3.63. The molecule has 0 saturated heterocycles. The second kappa shape index (κ2) is 9.97. The minimum absolute atomic E-state index is 0.0969. The highest BCUT2D eigenvalue weighted by atomic mass is 32.2. The summed E-state index contributed by atoms with van der Waals surface area (Å²) in [7, 11) is 1.37. The van der Waals surface area contributed by atoms with Crippen LogP contribution >= 0.6 is 11.8 Å². The zero-order valence-electron chi connectivity index (χ0n) is 15.5. The van der Waals surface area contributed by atoms with E-state index in [1.54, 1.807) is 36.0 Å². The van der Waals surface area contributed by atoms with Crippen molar-refractivity contribution in [3.63, 3.8) is 0 Å². The molecular formula is C20H23FN2O3S. The summed E-state index contributed by atoms with van der Waals surface area (Å²) in [5.41, 5.74) is 1.76. The van der Waals surface area contributed by atoms with Gasteiger partial charge in [-0.25, -0.2) is 4.39 Å². The van der Waals surface area contributed by atoms with Gasteiger partial charge in [0.05, 0.1) is 7.11 Å². The maximum Gasteiger partial charge on any atom is 0.251 e. The number of ether oxygens (including phenoxy) is 1. The van der Waals surface area contributed by atoms with Crippen LogP contribution in [0.3, 0.4) is 0 Å². The van der Waals surface area contributed by atoms with E-state index in [1.165, 1.54) is 19.2 Å². The van der Waals surface area contributed by atoms with Gasteiger partial charge >= 0.3 is 0 Å². The van der Waals surface area contributed by atoms with Crippen LogP contribution in [0.4, 0.5) is 10.1 Å². The van der Waals surface area contributed by atoms with E-state index < -0.39 is 17.8 Å². The molecule has 2 aromatic carbocycles. The number of anilines is 1. The van der Waals surface area contributed by atoms with E-state index in [2.05, 4.69) is 10.6 Å². The number of halogens is 1. The van der Waals surface area contributed by atoms with E-state index in [4.69, 9.17) is 4.74 Å². The highest BCUT2D eigenvalue weighted by molar-refractivity contribution is 7.98. The molecule has 1 unspecified atom stereocenters. The molecule has 0 aliphatic heterocycles. The van der Waals surface area contributed by atoms with Crippen LogP contribution in [0, 0.1) is 12.7 Å². The van der Waals surface area contributed by atoms with Gasteiger partial charge < -0.3 is 15.4 Å².